The van der Waals surface area contributed by atoms with E-state index in [1.165, 1.54) is 25.1 Å². The number of aliphatic hydroxyl groups is 1. The second-order valence-electron chi connectivity index (χ2n) is 3.07. The Morgan fingerprint density at radius 1 is 1.57 bits per heavy atom. The molecule has 0 aliphatic rings. The first-order chi connectivity index (χ1) is 6.56. The molecule has 76 valence electrons. The molecule has 0 fully saturated rings. The summed E-state index contributed by atoms with van der Waals surface area (Å²) in [6.45, 7) is 1.18. The summed E-state index contributed by atoms with van der Waals surface area (Å²) in [5, 5.41) is 17.5. The van der Waals surface area contributed by atoms with Crippen molar-refractivity contribution >= 4 is 5.97 Å². The summed E-state index contributed by atoms with van der Waals surface area (Å²) >= 11 is 0. The molecule has 0 aliphatic heterocycles. The van der Waals surface area contributed by atoms with Crippen LogP contribution in [0.3, 0.4) is 0 Å². The van der Waals surface area contributed by atoms with Gasteiger partial charge in [0.15, 0.2) is 0 Å². The van der Waals surface area contributed by atoms with E-state index < -0.39 is 17.7 Å². The SMILES string of the molecule is CC(C(=O)O)c1cc(CO)ccc1F. The Bertz CT molecular complexity index is 349. The van der Waals surface area contributed by atoms with Gasteiger partial charge in [-0.05, 0) is 24.6 Å². The highest BCUT2D eigenvalue weighted by Crippen LogP contribution is 2.20. The molecule has 0 aliphatic carbocycles. The number of carboxylic acids is 1. The van der Waals surface area contributed by atoms with Crippen LogP contribution in [0, 0.1) is 5.82 Å². The van der Waals surface area contributed by atoms with Crippen LogP contribution in [0.15, 0.2) is 18.2 Å². The number of carbonyl (C=O) groups is 1. The number of carboxylic acid groups (broad SMARTS) is 1. The Hall–Kier alpha value is -1.42. The van der Waals surface area contributed by atoms with E-state index in [1.807, 2.05) is 0 Å². The van der Waals surface area contributed by atoms with Crippen LogP contribution >= 0.6 is 0 Å². The highest BCUT2D eigenvalue weighted by Gasteiger charge is 2.17. The molecule has 0 aromatic heterocycles. The molecule has 0 amide bonds. The molecular formula is C10H11FO3. The van der Waals surface area contributed by atoms with Gasteiger partial charge in [0.05, 0.1) is 12.5 Å². The van der Waals surface area contributed by atoms with Crippen molar-refractivity contribution in [2.45, 2.75) is 19.4 Å². The fourth-order valence-corrected chi connectivity index (χ4v) is 1.16. The summed E-state index contributed by atoms with van der Waals surface area (Å²) in [5.74, 6) is -2.54. The molecule has 0 spiro atoms. The van der Waals surface area contributed by atoms with Crippen LogP contribution < -0.4 is 0 Å². The van der Waals surface area contributed by atoms with Gasteiger partial charge in [0.25, 0.3) is 0 Å². The maximum Gasteiger partial charge on any atom is 0.310 e. The van der Waals surface area contributed by atoms with E-state index in [9.17, 15) is 9.18 Å². The standard InChI is InChI=1S/C10H11FO3/c1-6(10(13)14)8-4-7(5-12)2-3-9(8)11/h2-4,6,12H,5H2,1H3,(H,13,14). The van der Waals surface area contributed by atoms with E-state index in [0.717, 1.165) is 0 Å². The number of rotatable bonds is 3. The van der Waals surface area contributed by atoms with Crippen molar-refractivity contribution in [3.05, 3.63) is 35.1 Å². The number of aliphatic carboxylic acids is 1. The van der Waals surface area contributed by atoms with Crippen LogP contribution in [-0.4, -0.2) is 16.2 Å². The third-order valence-electron chi connectivity index (χ3n) is 2.08. The van der Waals surface area contributed by atoms with Gasteiger partial charge in [-0.3, -0.25) is 4.79 Å². The molecule has 1 unspecified atom stereocenters. The zero-order valence-electron chi connectivity index (χ0n) is 7.70. The van der Waals surface area contributed by atoms with Crippen LogP contribution in [0.25, 0.3) is 0 Å². The van der Waals surface area contributed by atoms with Gasteiger partial charge in [0, 0.05) is 5.56 Å². The normalized spacial score (nSPS) is 12.5. The molecule has 0 radical (unpaired) electrons. The Morgan fingerprint density at radius 3 is 2.71 bits per heavy atom. The number of hydrogen-bond acceptors (Lipinski definition) is 2. The molecule has 0 bridgehead atoms. The Kier molecular flexibility index (Phi) is 3.19. The number of halogens is 1. The topological polar surface area (TPSA) is 57.5 Å². The lowest BCUT2D eigenvalue weighted by atomic mass is 9.99. The van der Waals surface area contributed by atoms with Crippen LogP contribution in [0.5, 0.6) is 0 Å². The molecule has 1 aromatic rings. The molecule has 4 heteroatoms. The maximum atomic E-state index is 13.2. The molecule has 0 heterocycles. The zero-order valence-corrected chi connectivity index (χ0v) is 7.70. The second-order valence-corrected chi connectivity index (χ2v) is 3.07. The van der Waals surface area contributed by atoms with Gasteiger partial charge >= 0.3 is 5.97 Å². The van der Waals surface area contributed by atoms with Crippen LogP contribution in [0.1, 0.15) is 24.0 Å². The predicted octanol–water partition coefficient (Wildman–Crippen LogP) is 1.51. The number of benzene rings is 1. The van der Waals surface area contributed by atoms with E-state index >= 15 is 0 Å². The molecule has 1 rings (SSSR count). The number of hydrogen-bond donors (Lipinski definition) is 2. The lowest BCUT2D eigenvalue weighted by molar-refractivity contribution is -0.138. The first kappa shape index (κ1) is 10.7. The zero-order chi connectivity index (χ0) is 10.7. The van der Waals surface area contributed by atoms with E-state index in [1.54, 1.807) is 0 Å². The van der Waals surface area contributed by atoms with Crippen molar-refractivity contribution in [3.8, 4) is 0 Å². The summed E-state index contributed by atoms with van der Waals surface area (Å²) in [4.78, 5) is 10.6. The van der Waals surface area contributed by atoms with Crippen molar-refractivity contribution < 1.29 is 19.4 Å². The average molecular weight is 198 g/mol. The molecule has 0 saturated carbocycles. The minimum Gasteiger partial charge on any atom is -0.481 e. The lowest BCUT2D eigenvalue weighted by Crippen LogP contribution is -2.09. The highest BCUT2D eigenvalue weighted by molar-refractivity contribution is 5.75. The molecule has 3 nitrogen and oxygen atoms in total. The minimum absolute atomic E-state index is 0.101. The minimum atomic E-state index is -1.08. The summed E-state index contributed by atoms with van der Waals surface area (Å²) in [6.07, 6.45) is 0. The molecule has 1 atom stereocenters. The first-order valence-corrected chi connectivity index (χ1v) is 4.18. The van der Waals surface area contributed by atoms with Gasteiger partial charge < -0.3 is 10.2 Å². The molecule has 1 aromatic carbocycles. The van der Waals surface area contributed by atoms with Gasteiger partial charge in [0.1, 0.15) is 5.82 Å². The summed E-state index contributed by atoms with van der Waals surface area (Å²) in [7, 11) is 0. The van der Waals surface area contributed by atoms with E-state index in [4.69, 9.17) is 10.2 Å². The quantitative estimate of drug-likeness (QED) is 0.773. The van der Waals surface area contributed by atoms with E-state index in [2.05, 4.69) is 0 Å². The molecule has 2 N–H and O–H groups in total. The van der Waals surface area contributed by atoms with Crippen LogP contribution in [0.2, 0.25) is 0 Å². The second kappa shape index (κ2) is 4.19. The maximum absolute atomic E-state index is 13.2. The largest absolute Gasteiger partial charge is 0.481 e. The lowest BCUT2D eigenvalue weighted by Gasteiger charge is -2.09. The van der Waals surface area contributed by atoms with Gasteiger partial charge in [-0.2, -0.15) is 0 Å². The monoisotopic (exact) mass is 198 g/mol. The van der Waals surface area contributed by atoms with Gasteiger partial charge in [-0.1, -0.05) is 6.07 Å². The molecule has 14 heavy (non-hydrogen) atoms. The predicted molar refractivity (Wildman–Crippen MR) is 48.4 cm³/mol. The van der Waals surface area contributed by atoms with Crippen LogP contribution in [0.4, 0.5) is 4.39 Å². The van der Waals surface area contributed by atoms with Crippen LogP contribution in [-0.2, 0) is 11.4 Å². The first-order valence-electron chi connectivity index (χ1n) is 4.18. The third-order valence-corrected chi connectivity index (χ3v) is 2.08. The smallest absolute Gasteiger partial charge is 0.310 e. The molecule has 0 saturated heterocycles. The summed E-state index contributed by atoms with van der Waals surface area (Å²) < 4.78 is 13.2. The van der Waals surface area contributed by atoms with Crippen molar-refractivity contribution in [2.24, 2.45) is 0 Å². The Labute approximate surface area is 80.8 Å². The van der Waals surface area contributed by atoms with Gasteiger partial charge in [-0.25, -0.2) is 4.39 Å². The van der Waals surface area contributed by atoms with E-state index in [-0.39, 0.29) is 12.2 Å². The average Bonchev–Trinajstić information content (AvgIpc) is 2.17. The number of aliphatic hydroxyl groups excluding tert-OH is 1. The summed E-state index contributed by atoms with van der Waals surface area (Å²) in [5.41, 5.74) is 0.610. The molecular weight excluding hydrogens is 187 g/mol. The van der Waals surface area contributed by atoms with Crippen molar-refractivity contribution in [1.82, 2.24) is 0 Å². The third kappa shape index (κ3) is 2.09. The van der Waals surface area contributed by atoms with Gasteiger partial charge in [0.2, 0.25) is 0 Å². The Balaban J connectivity index is 3.11. The summed E-state index contributed by atoms with van der Waals surface area (Å²) in [6, 6.07) is 3.96. The fourth-order valence-electron chi connectivity index (χ4n) is 1.16. The van der Waals surface area contributed by atoms with Gasteiger partial charge in [-0.15, -0.1) is 0 Å². The van der Waals surface area contributed by atoms with Crippen molar-refractivity contribution in [1.29, 1.82) is 0 Å². The van der Waals surface area contributed by atoms with E-state index in [0.29, 0.717) is 5.56 Å². The Morgan fingerprint density at radius 2 is 2.21 bits per heavy atom. The highest BCUT2D eigenvalue weighted by atomic mass is 19.1. The van der Waals surface area contributed by atoms with Crippen molar-refractivity contribution in [3.63, 3.8) is 0 Å². The fraction of sp³-hybridized carbons (Fsp3) is 0.300. The van der Waals surface area contributed by atoms with Crippen molar-refractivity contribution in [2.75, 3.05) is 0 Å².